The van der Waals surface area contributed by atoms with Crippen molar-refractivity contribution in [2.45, 2.75) is 45.2 Å². The molecule has 3 aromatic rings. The molecule has 1 fully saturated rings. The molecule has 0 saturated carbocycles. The number of nitrogens with one attached hydrogen (secondary N) is 1. The molecule has 0 unspecified atom stereocenters. The molecular weight excluding hydrogens is 416 g/mol. The quantitative estimate of drug-likeness (QED) is 0.419. The van der Waals surface area contributed by atoms with Crippen LogP contribution in [0.25, 0.3) is 10.9 Å². The van der Waals surface area contributed by atoms with Gasteiger partial charge in [0.2, 0.25) is 0 Å². The number of rotatable bonds is 8. The van der Waals surface area contributed by atoms with Gasteiger partial charge in [-0.25, -0.2) is 4.79 Å². The van der Waals surface area contributed by atoms with Crippen LogP contribution in [0, 0.1) is 11.3 Å². The summed E-state index contributed by atoms with van der Waals surface area (Å²) in [5, 5.41) is 12.4. The lowest BCUT2D eigenvalue weighted by Gasteiger charge is -2.22. The molecular formula is C26H26N4O3. The van der Waals surface area contributed by atoms with Crippen LogP contribution in [0.3, 0.4) is 0 Å². The molecule has 33 heavy (non-hydrogen) atoms. The van der Waals surface area contributed by atoms with Gasteiger partial charge in [0.25, 0.3) is 5.91 Å². The van der Waals surface area contributed by atoms with E-state index in [0.29, 0.717) is 24.1 Å². The van der Waals surface area contributed by atoms with Crippen molar-refractivity contribution in [1.82, 2.24) is 14.8 Å². The monoisotopic (exact) mass is 442 g/mol. The highest BCUT2D eigenvalue weighted by Gasteiger charge is 2.49. The molecule has 1 N–H and O–H groups in total. The number of nitriles is 1. The summed E-state index contributed by atoms with van der Waals surface area (Å²) in [6.45, 7) is 3.88. The Kier molecular flexibility index (Phi) is 6.01. The van der Waals surface area contributed by atoms with Crippen LogP contribution in [0.1, 0.15) is 48.2 Å². The number of ketones is 1. The fourth-order valence-electron chi connectivity index (χ4n) is 4.38. The van der Waals surface area contributed by atoms with E-state index in [0.717, 1.165) is 28.6 Å². The number of hydrogen-bond acceptors (Lipinski definition) is 4. The molecule has 0 aliphatic carbocycles. The molecule has 0 radical (unpaired) electrons. The number of benzene rings is 2. The summed E-state index contributed by atoms with van der Waals surface area (Å²) in [5.74, 6) is -0.773. The molecule has 1 aliphatic heterocycles. The van der Waals surface area contributed by atoms with Crippen LogP contribution < -0.4 is 5.32 Å². The summed E-state index contributed by atoms with van der Waals surface area (Å²) in [6, 6.07) is 16.6. The second-order valence-corrected chi connectivity index (χ2v) is 8.48. The molecule has 1 aromatic heterocycles. The van der Waals surface area contributed by atoms with Gasteiger partial charge in [0.05, 0.1) is 19.0 Å². The maximum absolute atomic E-state index is 13.3. The Morgan fingerprint density at radius 1 is 1.12 bits per heavy atom. The van der Waals surface area contributed by atoms with E-state index in [-0.39, 0.29) is 12.3 Å². The van der Waals surface area contributed by atoms with Gasteiger partial charge in [-0.05, 0) is 30.5 Å². The topological polar surface area (TPSA) is 95.2 Å². The first kappa shape index (κ1) is 22.3. The predicted octanol–water partition coefficient (Wildman–Crippen LogP) is 4.16. The van der Waals surface area contributed by atoms with Crippen molar-refractivity contribution >= 4 is 28.6 Å². The predicted molar refractivity (Wildman–Crippen MR) is 125 cm³/mol. The number of nitrogens with zero attached hydrogens (tertiary/aromatic N) is 3. The van der Waals surface area contributed by atoms with Crippen molar-refractivity contribution < 1.29 is 14.4 Å². The zero-order valence-corrected chi connectivity index (χ0v) is 18.8. The Morgan fingerprint density at radius 2 is 1.85 bits per heavy atom. The molecule has 7 nitrogen and oxygen atoms in total. The molecule has 1 atom stereocenters. The zero-order chi connectivity index (χ0) is 23.6. The molecule has 2 aromatic carbocycles. The standard InChI is InChI=1S/C26H26N4O3/c1-3-7-18-10-12-19(13-11-18)26(2)24(32)30(25(33)28-26)17-23(31)21-16-29(15-6-14-27)22-9-5-4-8-20(21)22/h4-5,8-13,16H,3,6-7,15,17H2,1-2H3,(H,28,33)/t26-/m0/s1. The van der Waals surface area contributed by atoms with Crippen LogP contribution >= 0.6 is 0 Å². The summed E-state index contributed by atoms with van der Waals surface area (Å²) < 4.78 is 1.86. The summed E-state index contributed by atoms with van der Waals surface area (Å²) in [6.07, 6.45) is 3.98. The summed E-state index contributed by atoms with van der Waals surface area (Å²) in [5.41, 5.74) is 1.90. The van der Waals surface area contributed by atoms with Gasteiger partial charge in [-0.15, -0.1) is 0 Å². The molecule has 7 heteroatoms. The van der Waals surface area contributed by atoms with E-state index in [4.69, 9.17) is 5.26 Å². The minimum absolute atomic E-state index is 0.314. The number of para-hydroxylation sites is 1. The van der Waals surface area contributed by atoms with E-state index < -0.39 is 17.5 Å². The zero-order valence-electron chi connectivity index (χ0n) is 18.8. The van der Waals surface area contributed by atoms with E-state index in [1.807, 2.05) is 53.1 Å². The second kappa shape index (κ2) is 8.91. The number of amides is 3. The number of urea groups is 1. The number of Topliss-reactive ketones (excluding diaryl/α,β-unsaturated/α-hetero) is 1. The lowest BCUT2D eigenvalue weighted by atomic mass is 9.91. The van der Waals surface area contributed by atoms with E-state index >= 15 is 0 Å². The normalized spacial score (nSPS) is 17.9. The van der Waals surface area contributed by atoms with Crippen LogP contribution in [0.4, 0.5) is 4.79 Å². The van der Waals surface area contributed by atoms with Crippen LogP contribution in [-0.4, -0.2) is 33.7 Å². The third-order valence-corrected chi connectivity index (χ3v) is 6.20. The molecule has 168 valence electrons. The number of carbonyl (C=O) groups is 3. The van der Waals surface area contributed by atoms with Crippen molar-refractivity contribution in [3.8, 4) is 6.07 Å². The Hall–Kier alpha value is -3.92. The Balaban J connectivity index is 1.58. The summed E-state index contributed by atoms with van der Waals surface area (Å²) >= 11 is 0. The van der Waals surface area contributed by atoms with Crippen molar-refractivity contribution in [3.05, 3.63) is 71.4 Å². The van der Waals surface area contributed by atoms with Gasteiger partial charge in [-0.2, -0.15) is 5.26 Å². The first-order chi connectivity index (χ1) is 15.9. The maximum atomic E-state index is 13.3. The Morgan fingerprint density at radius 3 is 2.55 bits per heavy atom. The minimum Gasteiger partial charge on any atom is -0.346 e. The van der Waals surface area contributed by atoms with Crippen LogP contribution in [0.15, 0.2) is 54.7 Å². The third kappa shape index (κ3) is 4.00. The van der Waals surface area contributed by atoms with Gasteiger partial charge in [0, 0.05) is 29.2 Å². The number of hydrogen-bond donors (Lipinski definition) is 1. The fourth-order valence-corrected chi connectivity index (χ4v) is 4.38. The van der Waals surface area contributed by atoms with Crippen molar-refractivity contribution in [2.75, 3.05) is 6.54 Å². The number of imide groups is 1. The Labute approximate surface area is 192 Å². The lowest BCUT2D eigenvalue weighted by molar-refractivity contribution is -0.130. The second-order valence-electron chi connectivity index (χ2n) is 8.48. The summed E-state index contributed by atoms with van der Waals surface area (Å²) in [7, 11) is 0. The fraction of sp³-hybridized carbons (Fsp3) is 0.308. The highest BCUT2D eigenvalue weighted by molar-refractivity contribution is 6.14. The molecule has 3 amide bonds. The van der Waals surface area contributed by atoms with Gasteiger partial charge in [-0.3, -0.25) is 14.5 Å². The van der Waals surface area contributed by atoms with Gasteiger partial charge in [-0.1, -0.05) is 55.8 Å². The van der Waals surface area contributed by atoms with Gasteiger partial charge in [0.15, 0.2) is 5.78 Å². The average molecular weight is 443 g/mol. The molecule has 1 aliphatic rings. The van der Waals surface area contributed by atoms with Gasteiger partial charge >= 0.3 is 6.03 Å². The largest absolute Gasteiger partial charge is 0.346 e. The van der Waals surface area contributed by atoms with Gasteiger partial charge < -0.3 is 9.88 Å². The minimum atomic E-state index is -1.22. The first-order valence-electron chi connectivity index (χ1n) is 11.1. The molecule has 4 rings (SSSR count). The summed E-state index contributed by atoms with van der Waals surface area (Å²) in [4.78, 5) is 40.2. The first-order valence-corrected chi connectivity index (χ1v) is 11.1. The number of fused-ring (bicyclic) bond motifs is 1. The van der Waals surface area contributed by atoms with Crippen molar-refractivity contribution in [2.24, 2.45) is 0 Å². The average Bonchev–Trinajstić information content (AvgIpc) is 3.29. The van der Waals surface area contributed by atoms with E-state index in [1.165, 1.54) is 5.56 Å². The maximum Gasteiger partial charge on any atom is 0.325 e. The molecule has 2 heterocycles. The number of aryl methyl sites for hydroxylation is 2. The van der Waals surface area contributed by atoms with Crippen LogP contribution in [0.5, 0.6) is 0 Å². The van der Waals surface area contributed by atoms with Gasteiger partial charge in [0.1, 0.15) is 5.54 Å². The SMILES string of the molecule is CCCc1ccc([C@]2(C)NC(=O)N(CC(=O)c3cn(CCC#N)c4ccccc34)C2=O)cc1. The third-order valence-electron chi connectivity index (χ3n) is 6.20. The van der Waals surface area contributed by atoms with Crippen LogP contribution in [0.2, 0.25) is 0 Å². The number of carbonyl (C=O) groups excluding carboxylic acids is 3. The Bertz CT molecular complexity index is 1270. The highest BCUT2D eigenvalue weighted by atomic mass is 16.2. The van der Waals surface area contributed by atoms with Crippen LogP contribution in [-0.2, 0) is 23.3 Å². The van der Waals surface area contributed by atoms with Crippen molar-refractivity contribution in [1.29, 1.82) is 5.26 Å². The molecule has 1 saturated heterocycles. The molecule has 0 bridgehead atoms. The smallest absolute Gasteiger partial charge is 0.325 e. The van der Waals surface area contributed by atoms with E-state index in [2.05, 4.69) is 18.3 Å². The molecule has 0 spiro atoms. The van der Waals surface area contributed by atoms with E-state index in [9.17, 15) is 14.4 Å². The number of aromatic nitrogens is 1. The van der Waals surface area contributed by atoms with Crippen molar-refractivity contribution in [3.63, 3.8) is 0 Å². The lowest BCUT2D eigenvalue weighted by Crippen LogP contribution is -2.41. The highest BCUT2D eigenvalue weighted by Crippen LogP contribution is 2.30. The van der Waals surface area contributed by atoms with E-state index in [1.54, 1.807) is 13.1 Å².